The SMILES string of the molecule is CC(C)C[C@H](C(=O)N[C@H]1CCCCCCCCCCNC1=O)[C@H](O)C(=O)NO. The molecule has 1 fully saturated rings. The minimum Gasteiger partial charge on any atom is -0.382 e. The fraction of sp³-hybridized carbons (Fsp3) is 0.850. The monoisotopic (exact) mass is 399 g/mol. The van der Waals surface area contributed by atoms with Crippen molar-refractivity contribution in [2.75, 3.05) is 6.54 Å². The van der Waals surface area contributed by atoms with Crippen molar-refractivity contribution in [1.82, 2.24) is 16.1 Å². The highest BCUT2D eigenvalue weighted by molar-refractivity contribution is 5.92. The number of nitrogens with one attached hydrogen (secondary N) is 3. The third-order valence-electron chi connectivity index (χ3n) is 5.17. The maximum absolute atomic E-state index is 12.8. The van der Waals surface area contributed by atoms with Gasteiger partial charge in [0.15, 0.2) is 0 Å². The third-order valence-corrected chi connectivity index (χ3v) is 5.17. The van der Waals surface area contributed by atoms with E-state index >= 15 is 0 Å². The second-order valence-corrected chi connectivity index (χ2v) is 8.13. The molecular weight excluding hydrogens is 362 g/mol. The predicted octanol–water partition coefficient (Wildman–Crippen LogP) is 1.64. The Labute approximate surface area is 167 Å². The van der Waals surface area contributed by atoms with Crippen LogP contribution in [0.5, 0.6) is 0 Å². The molecule has 0 aromatic rings. The topological polar surface area (TPSA) is 128 Å². The maximum atomic E-state index is 12.8. The van der Waals surface area contributed by atoms with E-state index in [2.05, 4.69) is 10.6 Å². The highest BCUT2D eigenvalue weighted by atomic mass is 16.5. The van der Waals surface area contributed by atoms with Crippen LogP contribution in [0.3, 0.4) is 0 Å². The molecule has 0 spiro atoms. The van der Waals surface area contributed by atoms with Gasteiger partial charge in [0.2, 0.25) is 11.8 Å². The molecule has 0 saturated carbocycles. The molecule has 8 heteroatoms. The molecular formula is C20H37N3O5. The van der Waals surface area contributed by atoms with Gasteiger partial charge in [-0.1, -0.05) is 58.8 Å². The summed E-state index contributed by atoms with van der Waals surface area (Å²) < 4.78 is 0. The molecule has 28 heavy (non-hydrogen) atoms. The second-order valence-electron chi connectivity index (χ2n) is 8.13. The number of carbonyl (C=O) groups is 3. The van der Waals surface area contributed by atoms with E-state index in [4.69, 9.17) is 5.21 Å². The van der Waals surface area contributed by atoms with Crippen molar-refractivity contribution in [3.8, 4) is 0 Å². The van der Waals surface area contributed by atoms with Crippen LogP contribution >= 0.6 is 0 Å². The van der Waals surface area contributed by atoms with Gasteiger partial charge < -0.3 is 15.7 Å². The molecule has 1 saturated heterocycles. The van der Waals surface area contributed by atoms with Crippen molar-refractivity contribution in [2.24, 2.45) is 11.8 Å². The highest BCUT2D eigenvalue weighted by Gasteiger charge is 2.34. The fourth-order valence-corrected chi connectivity index (χ4v) is 3.55. The number of hydrogen-bond acceptors (Lipinski definition) is 5. The largest absolute Gasteiger partial charge is 0.382 e. The van der Waals surface area contributed by atoms with E-state index in [-0.39, 0.29) is 18.2 Å². The van der Waals surface area contributed by atoms with Crippen LogP contribution < -0.4 is 16.1 Å². The summed E-state index contributed by atoms with van der Waals surface area (Å²) in [6, 6.07) is -0.688. The first kappa shape index (κ1) is 24.4. The van der Waals surface area contributed by atoms with Crippen LogP contribution in [0.1, 0.15) is 78.1 Å². The summed E-state index contributed by atoms with van der Waals surface area (Å²) in [7, 11) is 0. The highest BCUT2D eigenvalue weighted by Crippen LogP contribution is 2.18. The Balaban J connectivity index is 2.80. The quantitative estimate of drug-likeness (QED) is 0.343. The van der Waals surface area contributed by atoms with Crippen molar-refractivity contribution >= 4 is 17.7 Å². The van der Waals surface area contributed by atoms with E-state index < -0.39 is 29.9 Å². The van der Waals surface area contributed by atoms with Crippen molar-refractivity contribution < 1.29 is 24.7 Å². The zero-order chi connectivity index (χ0) is 20.9. The lowest BCUT2D eigenvalue weighted by Gasteiger charge is -2.25. The summed E-state index contributed by atoms with van der Waals surface area (Å²) in [4.78, 5) is 36.9. The number of hydrogen-bond donors (Lipinski definition) is 5. The van der Waals surface area contributed by atoms with Crippen LogP contribution in [0.2, 0.25) is 0 Å². The smallest absolute Gasteiger partial charge is 0.272 e. The van der Waals surface area contributed by atoms with Crippen molar-refractivity contribution in [1.29, 1.82) is 0 Å². The van der Waals surface area contributed by atoms with E-state index in [0.29, 0.717) is 13.0 Å². The van der Waals surface area contributed by atoms with Crippen LogP contribution in [-0.2, 0) is 14.4 Å². The first-order valence-electron chi connectivity index (χ1n) is 10.6. The lowest BCUT2D eigenvalue weighted by Crippen LogP contribution is -2.52. The zero-order valence-electron chi connectivity index (χ0n) is 17.2. The number of aliphatic hydroxyl groups excluding tert-OH is 1. The molecule has 3 amide bonds. The Kier molecular flexibility index (Phi) is 11.7. The van der Waals surface area contributed by atoms with E-state index in [1.54, 1.807) is 0 Å². The predicted molar refractivity (Wildman–Crippen MR) is 105 cm³/mol. The van der Waals surface area contributed by atoms with E-state index in [0.717, 1.165) is 32.1 Å². The minimum absolute atomic E-state index is 0.0470. The first-order valence-corrected chi connectivity index (χ1v) is 10.6. The van der Waals surface area contributed by atoms with Crippen LogP contribution in [0.4, 0.5) is 0 Å². The summed E-state index contributed by atoms with van der Waals surface area (Å²) in [5, 5.41) is 24.5. The van der Waals surface area contributed by atoms with Gasteiger partial charge in [0.1, 0.15) is 12.1 Å². The second kappa shape index (κ2) is 13.5. The summed E-state index contributed by atoms with van der Waals surface area (Å²) in [5.74, 6) is -2.79. The average molecular weight is 400 g/mol. The van der Waals surface area contributed by atoms with Gasteiger partial charge in [-0.2, -0.15) is 0 Å². The summed E-state index contributed by atoms with van der Waals surface area (Å²) in [5.41, 5.74) is 1.39. The van der Waals surface area contributed by atoms with Crippen LogP contribution in [0.25, 0.3) is 0 Å². The lowest BCUT2D eigenvalue weighted by molar-refractivity contribution is -0.147. The van der Waals surface area contributed by atoms with Gasteiger partial charge in [0.25, 0.3) is 5.91 Å². The molecule has 0 aromatic carbocycles. The molecule has 1 aliphatic rings. The van der Waals surface area contributed by atoms with Crippen molar-refractivity contribution in [3.63, 3.8) is 0 Å². The van der Waals surface area contributed by atoms with Crippen LogP contribution in [-0.4, -0.2) is 46.7 Å². The van der Waals surface area contributed by atoms with E-state index in [1.807, 2.05) is 13.8 Å². The van der Waals surface area contributed by atoms with Gasteiger partial charge >= 0.3 is 0 Å². The molecule has 0 radical (unpaired) electrons. The van der Waals surface area contributed by atoms with Gasteiger partial charge in [0.05, 0.1) is 5.92 Å². The standard InChI is InChI=1S/C20H37N3O5/c1-14(2)13-15(17(24)20(27)23-28)18(25)22-16-11-9-7-5-3-4-6-8-10-12-21-19(16)26/h14-17,24,28H,3-13H2,1-2H3,(H,21,26)(H,22,25)(H,23,27)/t15-,16-,17-/m0/s1. The molecule has 0 unspecified atom stereocenters. The molecule has 0 bridgehead atoms. The average Bonchev–Trinajstić information content (AvgIpc) is 2.68. The number of amides is 3. The summed E-state index contributed by atoms with van der Waals surface area (Å²) >= 11 is 0. The van der Waals surface area contributed by atoms with Gasteiger partial charge in [-0.05, 0) is 25.2 Å². The van der Waals surface area contributed by atoms with Crippen LogP contribution in [0.15, 0.2) is 0 Å². The first-order chi connectivity index (χ1) is 13.4. The van der Waals surface area contributed by atoms with E-state index in [1.165, 1.54) is 24.7 Å². The molecule has 0 aliphatic carbocycles. The number of carbonyl (C=O) groups excluding carboxylic acids is 3. The third kappa shape index (κ3) is 9.01. The van der Waals surface area contributed by atoms with Crippen molar-refractivity contribution in [3.05, 3.63) is 0 Å². The Morgan fingerprint density at radius 1 is 1.04 bits per heavy atom. The van der Waals surface area contributed by atoms with Gasteiger partial charge in [0, 0.05) is 6.54 Å². The van der Waals surface area contributed by atoms with E-state index in [9.17, 15) is 19.5 Å². The van der Waals surface area contributed by atoms with Crippen molar-refractivity contribution in [2.45, 2.75) is 90.2 Å². The summed E-state index contributed by atoms with van der Waals surface area (Å²) in [6.45, 7) is 4.32. The van der Waals surface area contributed by atoms with Crippen LogP contribution in [0, 0.1) is 11.8 Å². The molecule has 8 nitrogen and oxygen atoms in total. The number of rotatable bonds is 6. The Morgan fingerprint density at radius 2 is 1.61 bits per heavy atom. The Morgan fingerprint density at radius 3 is 2.18 bits per heavy atom. The Hall–Kier alpha value is -1.67. The normalized spacial score (nSPS) is 22.0. The Bertz CT molecular complexity index is 498. The zero-order valence-corrected chi connectivity index (χ0v) is 17.2. The number of aliphatic hydroxyl groups is 1. The van der Waals surface area contributed by atoms with Gasteiger partial charge in [-0.15, -0.1) is 0 Å². The number of hydroxylamine groups is 1. The molecule has 3 atom stereocenters. The maximum Gasteiger partial charge on any atom is 0.272 e. The van der Waals surface area contributed by atoms with Gasteiger partial charge in [-0.25, -0.2) is 5.48 Å². The summed E-state index contributed by atoms with van der Waals surface area (Å²) in [6.07, 6.45) is 7.64. The molecule has 5 N–H and O–H groups in total. The molecule has 1 aliphatic heterocycles. The minimum atomic E-state index is -1.68. The molecule has 1 heterocycles. The molecule has 0 aromatic heterocycles. The lowest BCUT2D eigenvalue weighted by atomic mass is 9.90. The van der Waals surface area contributed by atoms with Gasteiger partial charge in [-0.3, -0.25) is 19.6 Å². The fourth-order valence-electron chi connectivity index (χ4n) is 3.55. The molecule has 1 rings (SSSR count). The molecule has 162 valence electrons.